The summed E-state index contributed by atoms with van der Waals surface area (Å²) >= 11 is 4.46. The highest BCUT2D eigenvalue weighted by atomic mass is 32.2. The van der Waals surface area contributed by atoms with E-state index in [2.05, 4.69) is 10.3 Å². The molecule has 0 spiro atoms. The van der Waals surface area contributed by atoms with Gasteiger partial charge in [0.05, 0.1) is 4.90 Å². The number of aryl methyl sites for hydroxylation is 1. The first-order chi connectivity index (χ1) is 14.9. The molecule has 1 aliphatic rings. The highest BCUT2D eigenvalue weighted by molar-refractivity contribution is 7.99. The molecule has 1 fully saturated rings. The predicted molar refractivity (Wildman–Crippen MR) is 128 cm³/mol. The van der Waals surface area contributed by atoms with Crippen LogP contribution in [0.1, 0.15) is 18.5 Å². The molecule has 4 rings (SSSR count). The number of amides is 1. The van der Waals surface area contributed by atoms with E-state index >= 15 is 0 Å². The molecular formula is C21H23N3O3S4. The van der Waals surface area contributed by atoms with Gasteiger partial charge in [0.1, 0.15) is 10.0 Å². The van der Waals surface area contributed by atoms with E-state index in [0.717, 1.165) is 26.2 Å². The summed E-state index contributed by atoms with van der Waals surface area (Å²) in [5.74, 6) is -0.270. The van der Waals surface area contributed by atoms with E-state index in [1.165, 1.54) is 27.4 Å². The highest BCUT2D eigenvalue weighted by Gasteiger charge is 2.33. The Morgan fingerprint density at radius 3 is 2.61 bits per heavy atom. The first-order valence-electron chi connectivity index (χ1n) is 9.84. The van der Waals surface area contributed by atoms with E-state index in [0.29, 0.717) is 30.8 Å². The van der Waals surface area contributed by atoms with Gasteiger partial charge >= 0.3 is 0 Å². The van der Waals surface area contributed by atoms with Crippen LogP contribution in [0.4, 0.5) is 5.00 Å². The number of hydrogen-bond acceptors (Lipinski definition) is 7. The van der Waals surface area contributed by atoms with Crippen LogP contribution in [-0.2, 0) is 14.8 Å². The molecule has 1 N–H and O–H groups in total. The molecule has 1 amide bonds. The summed E-state index contributed by atoms with van der Waals surface area (Å²) in [5.41, 5.74) is 1.89. The van der Waals surface area contributed by atoms with Crippen molar-refractivity contribution in [3.05, 3.63) is 46.8 Å². The molecule has 0 atom stereocenters. The number of benzene rings is 1. The number of aromatic nitrogens is 1. The zero-order valence-corrected chi connectivity index (χ0v) is 20.5. The molecule has 3 aromatic rings. The Hall–Kier alpha value is -1.72. The molecule has 3 heterocycles. The van der Waals surface area contributed by atoms with Crippen LogP contribution in [0, 0.1) is 12.8 Å². The lowest BCUT2D eigenvalue weighted by Gasteiger charge is -2.31. The van der Waals surface area contributed by atoms with Gasteiger partial charge in [-0.25, -0.2) is 13.4 Å². The van der Waals surface area contributed by atoms with E-state index in [9.17, 15) is 13.2 Å². The van der Waals surface area contributed by atoms with Gasteiger partial charge in [0.2, 0.25) is 15.9 Å². The summed E-state index contributed by atoms with van der Waals surface area (Å²) < 4.78 is 27.7. The van der Waals surface area contributed by atoms with E-state index < -0.39 is 10.0 Å². The number of rotatable bonds is 6. The number of piperidine rings is 1. The Balaban J connectivity index is 1.42. The Morgan fingerprint density at radius 2 is 1.94 bits per heavy atom. The molecule has 1 aliphatic heterocycles. The van der Waals surface area contributed by atoms with Gasteiger partial charge < -0.3 is 5.32 Å². The quantitative estimate of drug-likeness (QED) is 0.492. The van der Waals surface area contributed by atoms with Crippen LogP contribution in [0.3, 0.4) is 0 Å². The topological polar surface area (TPSA) is 79.4 Å². The molecule has 1 saturated heterocycles. The van der Waals surface area contributed by atoms with Crippen molar-refractivity contribution in [2.24, 2.45) is 5.92 Å². The number of anilines is 1. The highest BCUT2D eigenvalue weighted by Crippen LogP contribution is 2.36. The zero-order valence-electron chi connectivity index (χ0n) is 17.2. The van der Waals surface area contributed by atoms with Crippen LogP contribution >= 0.6 is 34.4 Å². The van der Waals surface area contributed by atoms with Crippen molar-refractivity contribution in [2.75, 3.05) is 24.7 Å². The lowest BCUT2D eigenvalue weighted by molar-refractivity contribution is -0.120. The summed E-state index contributed by atoms with van der Waals surface area (Å²) in [4.78, 5) is 18.5. The molecule has 31 heavy (non-hydrogen) atoms. The monoisotopic (exact) mass is 493 g/mol. The van der Waals surface area contributed by atoms with Crippen molar-refractivity contribution in [3.63, 3.8) is 0 Å². The number of nitrogens with one attached hydrogen (secondary N) is 1. The van der Waals surface area contributed by atoms with Crippen LogP contribution in [0.25, 0.3) is 10.6 Å². The average molecular weight is 494 g/mol. The first kappa shape index (κ1) is 22.5. The minimum atomic E-state index is -3.57. The van der Waals surface area contributed by atoms with Gasteiger partial charge in [-0.15, -0.1) is 34.4 Å². The molecular weight excluding hydrogens is 471 g/mol. The number of nitrogens with zero attached hydrogens (tertiary/aromatic N) is 2. The average Bonchev–Trinajstić information content (AvgIpc) is 3.42. The van der Waals surface area contributed by atoms with Crippen molar-refractivity contribution in [2.45, 2.75) is 29.6 Å². The smallest absolute Gasteiger partial charge is 0.244 e. The van der Waals surface area contributed by atoms with Gasteiger partial charge in [-0.2, -0.15) is 4.31 Å². The van der Waals surface area contributed by atoms with E-state index in [1.54, 1.807) is 23.5 Å². The fourth-order valence-electron chi connectivity index (χ4n) is 3.60. The van der Waals surface area contributed by atoms with Gasteiger partial charge in [0.15, 0.2) is 0 Å². The van der Waals surface area contributed by atoms with Crippen LogP contribution in [0.5, 0.6) is 0 Å². The molecule has 164 valence electrons. The zero-order chi connectivity index (χ0) is 22.0. The van der Waals surface area contributed by atoms with Crippen LogP contribution in [-0.4, -0.2) is 43.0 Å². The number of sulfonamides is 1. The summed E-state index contributed by atoms with van der Waals surface area (Å²) in [6.07, 6.45) is 2.88. The summed E-state index contributed by atoms with van der Waals surface area (Å²) in [5, 5.41) is 8.67. The Morgan fingerprint density at radius 1 is 1.19 bits per heavy atom. The number of thiazole rings is 1. The molecule has 1 aromatic carbocycles. The first-order valence-corrected chi connectivity index (χ1v) is 14.3. The second-order valence-electron chi connectivity index (χ2n) is 7.28. The third kappa shape index (κ3) is 4.73. The minimum Gasteiger partial charge on any atom is -0.317 e. The summed E-state index contributed by atoms with van der Waals surface area (Å²) in [6, 6.07) is 9.03. The van der Waals surface area contributed by atoms with E-state index in [1.807, 2.05) is 42.1 Å². The largest absolute Gasteiger partial charge is 0.317 e. The van der Waals surface area contributed by atoms with Crippen molar-refractivity contribution in [3.8, 4) is 10.6 Å². The molecule has 0 radical (unpaired) electrons. The lowest BCUT2D eigenvalue weighted by Crippen LogP contribution is -2.41. The van der Waals surface area contributed by atoms with Crippen molar-refractivity contribution >= 4 is 55.4 Å². The maximum Gasteiger partial charge on any atom is 0.244 e. The third-order valence-electron chi connectivity index (χ3n) is 5.26. The number of thioether (sulfide) groups is 1. The summed E-state index contributed by atoms with van der Waals surface area (Å²) in [6.45, 7) is 2.63. The Bertz CT molecular complexity index is 1180. The standard InChI is InChI=1S/C21H23N3O3S4/c1-14-13-30-20(22-14)16-9-12-29-21(16)23-19(25)15-7-10-24(11-8-15)31(26,27)18-6-4-3-5-17(18)28-2/h3-6,9,12-13,15H,7-8,10-11H2,1-2H3,(H,23,25). The molecule has 10 heteroatoms. The van der Waals surface area contributed by atoms with Crippen LogP contribution in [0.15, 0.2) is 50.9 Å². The molecule has 2 aromatic heterocycles. The summed E-state index contributed by atoms with van der Waals surface area (Å²) in [7, 11) is -3.57. The Labute approximate surface area is 194 Å². The minimum absolute atomic E-state index is 0.0569. The molecule has 0 unspecified atom stereocenters. The lowest BCUT2D eigenvalue weighted by atomic mass is 9.97. The second kappa shape index (κ2) is 9.41. The number of carbonyl (C=O) groups is 1. The van der Waals surface area contributed by atoms with Crippen molar-refractivity contribution in [1.82, 2.24) is 9.29 Å². The van der Waals surface area contributed by atoms with E-state index in [4.69, 9.17) is 0 Å². The Kier molecular flexibility index (Phi) is 6.83. The third-order valence-corrected chi connectivity index (χ3v) is 9.97. The maximum atomic E-state index is 13.1. The number of carbonyl (C=O) groups excluding carboxylic acids is 1. The molecule has 6 nitrogen and oxygen atoms in total. The molecule has 0 aliphatic carbocycles. The van der Waals surface area contributed by atoms with Gasteiger partial charge in [0.25, 0.3) is 0 Å². The van der Waals surface area contributed by atoms with Crippen LogP contribution < -0.4 is 5.32 Å². The molecule has 0 bridgehead atoms. The van der Waals surface area contributed by atoms with Gasteiger partial charge in [-0.05, 0) is 49.6 Å². The second-order valence-corrected chi connectivity index (χ2v) is 11.8. The van der Waals surface area contributed by atoms with Gasteiger partial charge in [-0.3, -0.25) is 4.79 Å². The normalized spacial score (nSPS) is 15.8. The maximum absolute atomic E-state index is 13.1. The SMILES string of the molecule is CSc1ccccc1S(=O)(=O)N1CCC(C(=O)Nc2sccc2-c2nc(C)cs2)CC1. The van der Waals surface area contributed by atoms with Crippen molar-refractivity contribution in [1.29, 1.82) is 0 Å². The number of thiophene rings is 1. The molecule has 0 saturated carbocycles. The van der Waals surface area contributed by atoms with Gasteiger partial charge in [0, 0.05) is 40.5 Å². The van der Waals surface area contributed by atoms with Gasteiger partial charge in [-0.1, -0.05) is 12.1 Å². The fraction of sp³-hybridized carbons (Fsp3) is 0.333. The van der Waals surface area contributed by atoms with Crippen molar-refractivity contribution < 1.29 is 13.2 Å². The fourth-order valence-corrected chi connectivity index (χ4v) is 7.87. The van der Waals surface area contributed by atoms with Crippen LogP contribution in [0.2, 0.25) is 0 Å². The number of hydrogen-bond donors (Lipinski definition) is 1. The predicted octanol–water partition coefficient (Wildman–Crippen LogP) is 4.94. The van der Waals surface area contributed by atoms with E-state index in [-0.39, 0.29) is 11.8 Å².